The highest BCUT2D eigenvalue weighted by Crippen LogP contribution is 2.30. The van der Waals surface area contributed by atoms with Crippen LogP contribution < -0.4 is 14.8 Å². The van der Waals surface area contributed by atoms with Gasteiger partial charge >= 0.3 is 0 Å². The van der Waals surface area contributed by atoms with Gasteiger partial charge in [-0.2, -0.15) is 5.10 Å². The summed E-state index contributed by atoms with van der Waals surface area (Å²) in [6.45, 7) is 0.515. The molecule has 0 radical (unpaired) electrons. The number of hydrogen-bond donors (Lipinski definition) is 1. The number of methoxy groups -OCH3 is 1. The van der Waals surface area contributed by atoms with Crippen molar-refractivity contribution in [1.29, 1.82) is 0 Å². The van der Waals surface area contributed by atoms with E-state index in [4.69, 9.17) is 9.47 Å². The first kappa shape index (κ1) is 20.5. The summed E-state index contributed by atoms with van der Waals surface area (Å²) in [5, 5.41) is 7.40. The lowest BCUT2D eigenvalue weighted by atomic mass is 9.95. The molecule has 2 heterocycles. The number of nitrogens with one attached hydrogen (secondary N) is 1. The van der Waals surface area contributed by atoms with Crippen LogP contribution >= 0.6 is 0 Å². The molecule has 160 valence electrons. The maximum atomic E-state index is 13.2. The molecule has 8 heteroatoms. The molecule has 4 rings (SSSR count). The molecule has 8 nitrogen and oxygen atoms in total. The van der Waals surface area contributed by atoms with Crippen molar-refractivity contribution in [3.05, 3.63) is 72.1 Å². The normalized spacial score (nSPS) is 15.2. The van der Waals surface area contributed by atoms with Crippen LogP contribution in [0.25, 0.3) is 0 Å². The maximum Gasteiger partial charge on any atom is 0.260 e. The highest BCUT2D eigenvalue weighted by atomic mass is 16.5. The van der Waals surface area contributed by atoms with Gasteiger partial charge in [0.2, 0.25) is 5.91 Å². The number of carbonyl (C=O) groups excluding carboxylic acids is 2. The van der Waals surface area contributed by atoms with Crippen molar-refractivity contribution in [2.75, 3.05) is 25.6 Å². The molecule has 0 spiro atoms. The Labute approximate surface area is 180 Å². The zero-order chi connectivity index (χ0) is 21.8. The van der Waals surface area contributed by atoms with Gasteiger partial charge in [0.1, 0.15) is 17.4 Å². The lowest BCUT2D eigenvalue weighted by Crippen LogP contribution is -2.43. The number of fused-ring (bicyclic) bond motifs is 1. The van der Waals surface area contributed by atoms with E-state index >= 15 is 0 Å². The first-order valence-electron chi connectivity index (χ1n) is 9.97. The summed E-state index contributed by atoms with van der Waals surface area (Å²) in [4.78, 5) is 27.6. The molecule has 3 aromatic rings. The Hall–Kier alpha value is -3.81. The number of ether oxygens (including phenoxy) is 2. The van der Waals surface area contributed by atoms with Crippen molar-refractivity contribution in [1.82, 2.24) is 14.7 Å². The van der Waals surface area contributed by atoms with Gasteiger partial charge < -0.3 is 19.7 Å². The Balaban J connectivity index is 1.51. The van der Waals surface area contributed by atoms with Gasteiger partial charge in [0, 0.05) is 31.9 Å². The Bertz CT molecular complexity index is 1080. The number of aryl methyl sites for hydroxylation is 1. The van der Waals surface area contributed by atoms with E-state index in [1.165, 1.54) is 0 Å². The van der Waals surface area contributed by atoms with Gasteiger partial charge in [-0.25, -0.2) is 0 Å². The second-order valence-electron chi connectivity index (χ2n) is 7.33. The first-order chi connectivity index (χ1) is 15.0. The van der Waals surface area contributed by atoms with Crippen molar-refractivity contribution in [3.63, 3.8) is 0 Å². The fourth-order valence-corrected chi connectivity index (χ4v) is 3.66. The van der Waals surface area contributed by atoms with Crippen molar-refractivity contribution >= 4 is 17.5 Å². The summed E-state index contributed by atoms with van der Waals surface area (Å²) >= 11 is 0. The molecule has 1 aliphatic rings. The number of rotatable bonds is 6. The average molecular weight is 420 g/mol. The molecular formula is C23H24N4O4. The van der Waals surface area contributed by atoms with Crippen LogP contribution in [-0.2, 0) is 23.2 Å². The third-order valence-electron chi connectivity index (χ3n) is 5.17. The van der Waals surface area contributed by atoms with Crippen LogP contribution in [0, 0.1) is 0 Å². The highest BCUT2D eigenvalue weighted by molar-refractivity contribution is 5.97. The molecule has 1 aliphatic heterocycles. The predicted octanol–water partition coefficient (Wildman–Crippen LogP) is 2.57. The molecule has 0 saturated heterocycles. The summed E-state index contributed by atoms with van der Waals surface area (Å²) in [5.41, 5.74) is 2.10. The van der Waals surface area contributed by atoms with E-state index in [1.54, 1.807) is 48.0 Å². The lowest BCUT2D eigenvalue weighted by molar-refractivity contribution is -0.135. The fourth-order valence-electron chi connectivity index (χ4n) is 3.66. The van der Waals surface area contributed by atoms with Crippen molar-refractivity contribution in [2.45, 2.75) is 12.5 Å². The van der Waals surface area contributed by atoms with E-state index in [0.29, 0.717) is 29.4 Å². The van der Waals surface area contributed by atoms with Crippen LogP contribution in [0.2, 0.25) is 0 Å². The van der Waals surface area contributed by atoms with Gasteiger partial charge in [-0.15, -0.1) is 0 Å². The minimum atomic E-state index is -0.601. The average Bonchev–Trinajstić information content (AvgIpc) is 3.17. The molecule has 0 bridgehead atoms. The van der Waals surface area contributed by atoms with Gasteiger partial charge in [-0.1, -0.05) is 30.3 Å². The molecule has 0 aliphatic carbocycles. The molecule has 31 heavy (non-hydrogen) atoms. The van der Waals surface area contributed by atoms with Crippen LogP contribution in [0.1, 0.15) is 17.2 Å². The van der Waals surface area contributed by atoms with E-state index in [-0.39, 0.29) is 25.0 Å². The Kier molecular flexibility index (Phi) is 5.88. The van der Waals surface area contributed by atoms with Gasteiger partial charge in [-0.3, -0.25) is 14.3 Å². The molecule has 1 atom stereocenters. The lowest BCUT2D eigenvalue weighted by Gasteiger charge is -2.31. The number of anilines is 1. The summed E-state index contributed by atoms with van der Waals surface area (Å²) in [6, 6.07) is 16.4. The smallest absolute Gasteiger partial charge is 0.260 e. The minimum Gasteiger partial charge on any atom is -0.495 e. The van der Waals surface area contributed by atoms with Gasteiger partial charge in [0.25, 0.3) is 5.91 Å². The van der Waals surface area contributed by atoms with E-state index < -0.39 is 5.92 Å². The molecule has 2 aromatic carbocycles. The van der Waals surface area contributed by atoms with Crippen molar-refractivity contribution < 1.29 is 19.1 Å². The number of benzene rings is 2. The molecule has 2 amide bonds. The zero-order valence-electron chi connectivity index (χ0n) is 17.4. The molecule has 1 aromatic heterocycles. The van der Waals surface area contributed by atoms with Gasteiger partial charge in [-0.05, 0) is 24.3 Å². The Morgan fingerprint density at radius 3 is 2.65 bits per heavy atom. The molecule has 0 saturated carbocycles. The van der Waals surface area contributed by atoms with Gasteiger partial charge in [0.05, 0.1) is 18.5 Å². The summed E-state index contributed by atoms with van der Waals surface area (Å²) in [5.74, 6) is 0.160. The molecule has 0 unspecified atom stereocenters. The maximum absolute atomic E-state index is 13.2. The fraction of sp³-hybridized carbons (Fsp3) is 0.261. The second-order valence-corrected chi connectivity index (χ2v) is 7.33. The summed E-state index contributed by atoms with van der Waals surface area (Å²) < 4.78 is 12.6. The number of hydrogen-bond acceptors (Lipinski definition) is 5. The van der Waals surface area contributed by atoms with E-state index in [9.17, 15) is 9.59 Å². The molecule has 0 fully saturated rings. The SMILES string of the molecule is COc1ccccc1NC(=O)[C@H]1CN(C(=O)COc2ccccc2)Cc2cn(C)nc21. The number of carbonyl (C=O) groups is 2. The van der Waals surface area contributed by atoms with Crippen LogP contribution in [0.15, 0.2) is 60.8 Å². The molecular weight excluding hydrogens is 396 g/mol. The third-order valence-corrected chi connectivity index (χ3v) is 5.17. The van der Waals surface area contributed by atoms with E-state index in [1.807, 2.05) is 36.5 Å². The summed E-state index contributed by atoms with van der Waals surface area (Å²) in [7, 11) is 3.35. The third kappa shape index (κ3) is 4.53. The number of aromatic nitrogens is 2. The quantitative estimate of drug-likeness (QED) is 0.663. The highest BCUT2D eigenvalue weighted by Gasteiger charge is 2.35. The summed E-state index contributed by atoms with van der Waals surface area (Å²) in [6.07, 6.45) is 1.84. The van der Waals surface area contributed by atoms with E-state index in [0.717, 1.165) is 5.56 Å². The topological polar surface area (TPSA) is 85.7 Å². The van der Waals surface area contributed by atoms with Crippen LogP contribution in [0.4, 0.5) is 5.69 Å². The first-order valence-corrected chi connectivity index (χ1v) is 9.97. The van der Waals surface area contributed by atoms with E-state index in [2.05, 4.69) is 10.4 Å². The monoisotopic (exact) mass is 420 g/mol. The standard InChI is InChI=1S/C23H24N4O4/c1-26-12-16-13-27(21(28)15-31-17-8-4-3-5-9-17)14-18(22(16)25-26)23(29)24-19-10-6-7-11-20(19)30-2/h3-12,18H,13-15H2,1-2H3,(H,24,29)/t18-/m0/s1. The minimum absolute atomic E-state index is 0.0968. The van der Waals surface area contributed by atoms with Crippen LogP contribution in [0.5, 0.6) is 11.5 Å². The van der Waals surface area contributed by atoms with Gasteiger partial charge in [0.15, 0.2) is 6.61 Å². The van der Waals surface area contributed by atoms with Crippen molar-refractivity contribution in [2.24, 2.45) is 7.05 Å². The van der Waals surface area contributed by atoms with Crippen molar-refractivity contribution in [3.8, 4) is 11.5 Å². The molecule has 1 N–H and O–H groups in total. The number of nitrogens with zero attached hydrogens (tertiary/aromatic N) is 3. The van der Waals surface area contributed by atoms with Crippen LogP contribution in [-0.4, -0.2) is 46.8 Å². The largest absolute Gasteiger partial charge is 0.495 e. The number of amides is 2. The predicted molar refractivity (Wildman–Crippen MR) is 115 cm³/mol. The second kappa shape index (κ2) is 8.91. The Morgan fingerprint density at radius 2 is 1.87 bits per heavy atom. The van der Waals surface area contributed by atoms with Crippen LogP contribution in [0.3, 0.4) is 0 Å². The zero-order valence-corrected chi connectivity index (χ0v) is 17.4. The number of para-hydroxylation sites is 3. The Morgan fingerprint density at radius 1 is 1.13 bits per heavy atom.